The molecule has 8 heteroatoms. The van der Waals surface area contributed by atoms with Crippen LogP contribution in [0.2, 0.25) is 0 Å². The molecule has 2 N–H and O–H groups in total. The average molecular weight is 380 g/mol. The van der Waals surface area contributed by atoms with Gasteiger partial charge >= 0.3 is 0 Å². The van der Waals surface area contributed by atoms with Gasteiger partial charge in [-0.15, -0.1) is 11.3 Å². The average Bonchev–Trinajstić information content (AvgIpc) is 3.17. The van der Waals surface area contributed by atoms with E-state index < -0.39 is 0 Å². The van der Waals surface area contributed by atoms with Crippen molar-refractivity contribution in [2.45, 2.75) is 6.92 Å². The summed E-state index contributed by atoms with van der Waals surface area (Å²) in [6.45, 7) is 1.44. The monoisotopic (exact) mass is 379 g/mol. The first kappa shape index (κ1) is 16.3. The first-order valence-corrected chi connectivity index (χ1v) is 8.00. The molecule has 3 heterocycles. The number of nitrogens with one attached hydrogen (secondary N) is 2. The van der Waals surface area contributed by atoms with E-state index in [4.69, 9.17) is 4.79 Å². The molecule has 0 spiro atoms. The fraction of sp³-hybridized carbons (Fsp3) is 0.143. The Morgan fingerprint density at radius 1 is 1.36 bits per heavy atom. The fourth-order valence-corrected chi connectivity index (χ4v) is 3.30. The standard InChI is InChI=1S/C12H10BrN5S.C2H4O/c1-14-8-6-7(2-3-15-8)12-18-10(13)9(19-12)11-16-4-5-17-11;1-2-3/h2-6H,1H3,(H,14,15)(H,16,17);2H,1H3. The number of hydrogen-bond acceptors (Lipinski definition) is 6. The summed E-state index contributed by atoms with van der Waals surface area (Å²) in [7, 11) is 1.85. The van der Waals surface area contributed by atoms with E-state index in [2.05, 4.69) is 41.2 Å². The Hall–Kier alpha value is -2.06. The van der Waals surface area contributed by atoms with Crippen LogP contribution in [0.3, 0.4) is 0 Å². The molecule has 3 aromatic rings. The van der Waals surface area contributed by atoms with E-state index in [9.17, 15) is 0 Å². The van der Waals surface area contributed by atoms with Gasteiger partial charge in [0, 0.05) is 31.2 Å². The molecular weight excluding hydrogens is 366 g/mol. The van der Waals surface area contributed by atoms with Crippen LogP contribution in [-0.4, -0.2) is 33.3 Å². The van der Waals surface area contributed by atoms with Crippen molar-refractivity contribution in [3.05, 3.63) is 35.3 Å². The number of pyridine rings is 1. The number of imidazole rings is 1. The Labute approximate surface area is 140 Å². The second-order valence-corrected chi connectivity index (χ2v) is 5.74. The van der Waals surface area contributed by atoms with Crippen LogP contribution in [0.25, 0.3) is 21.3 Å². The Kier molecular flexibility index (Phi) is 5.79. The molecule has 0 radical (unpaired) electrons. The maximum atomic E-state index is 8.81. The van der Waals surface area contributed by atoms with Crippen molar-refractivity contribution in [2.75, 3.05) is 12.4 Å². The number of carbonyl (C=O) groups is 1. The minimum atomic E-state index is 0.750. The van der Waals surface area contributed by atoms with Crippen molar-refractivity contribution in [1.29, 1.82) is 0 Å². The van der Waals surface area contributed by atoms with E-state index in [1.807, 2.05) is 19.2 Å². The van der Waals surface area contributed by atoms with Gasteiger partial charge in [-0.1, -0.05) is 0 Å². The lowest BCUT2D eigenvalue weighted by atomic mass is 10.3. The summed E-state index contributed by atoms with van der Waals surface area (Å²) in [6, 6.07) is 3.91. The first-order chi connectivity index (χ1) is 10.7. The molecule has 0 fully saturated rings. The van der Waals surface area contributed by atoms with Crippen LogP contribution in [0, 0.1) is 0 Å². The lowest BCUT2D eigenvalue weighted by molar-refractivity contribution is -0.106. The van der Waals surface area contributed by atoms with Gasteiger partial charge in [-0.3, -0.25) is 0 Å². The number of H-pyrrole nitrogens is 1. The zero-order valence-electron chi connectivity index (χ0n) is 12.0. The highest BCUT2D eigenvalue weighted by molar-refractivity contribution is 9.10. The molecule has 3 aromatic heterocycles. The molecule has 0 aliphatic rings. The van der Waals surface area contributed by atoms with Crippen LogP contribution in [0.1, 0.15) is 6.92 Å². The van der Waals surface area contributed by atoms with E-state index in [1.165, 1.54) is 6.92 Å². The second-order valence-electron chi connectivity index (χ2n) is 3.99. The van der Waals surface area contributed by atoms with E-state index in [0.29, 0.717) is 0 Å². The van der Waals surface area contributed by atoms with Gasteiger partial charge < -0.3 is 15.1 Å². The molecule has 0 saturated carbocycles. The molecular formula is C14H14BrN5OS. The maximum Gasteiger partial charge on any atom is 0.150 e. The molecule has 114 valence electrons. The van der Waals surface area contributed by atoms with Crippen LogP contribution >= 0.6 is 27.3 Å². The minimum absolute atomic E-state index is 0.750. The highest BCUT2D eigenvalue weighted by atomic mass is 79.9. The minimum Gasteiger partial charge on any atom is -0.373 e. The SMILES string of the molecule is CC=O.CNc1cc(-c2nc(Br)c(-c3ncc[nH]3)s2)ccn1. The van der Waals surface area contributed by atoms with Gasteiger partial charge in [-0.25, -0.2) is 15.0 Å². The van der Waals surface area contributed by atoms with Crippen molar-refractivity contribution in [2.24, 2.45) is 0 Å². The van der Waals surface area contributed by atoms with Gasteiger partial charge in [-0.2, -0.15) is 0 Å². The quantitative estimate of drug-likeness (QED) is 0.679. The number of anilines is 1. The summed E-state index contributed by atoms with van der Waals surface area (Å²) >= 11 is 5.06. The normalized spacial score (nSPS) is 9.77. The van der Waals surface area contributed by atoms with Gasteiger partial charge in [0.1, 0.15) is 32.4 Å². The summed E-state index contributed by atoms with van der Waals surface area (Å²) in [6.07, 6.45) is 6.04. The number of aromatic amines is 1. The smallest absolute Gasteiger partial charge is 0.150 e. The molecule has 0 bridgehead atoms. The van der Waals surface area contributed by atoms with Gasteiger partial charge in [0.05, 0.1) is 0 Å². The predicted octanol–water partition coefficient (Wildman–Crippen LogP) is 3.60. The summed E-state index contributed by atoms with van der Waals surface area (Å²) in [5, 5.41) is 3.95. The van der Waals surface area contributed by atoms with Crippen molar-refractivity contribution in [3.8, 4) is 21.3 Å². The fourth-order valence-electron chi connectivity index (χ4n) is 1.66. The third-order valence-electron chi connectivity index (χ3n) is 2.56. The molecule has 6 nitrogen and oxygen atoms in total. The molecule has 0 aliphatic carbocycles. The number of rotatable bonds is 3. The lowest BCUT2D eigenvalue weighted by Crippen LogP contribution is -1.91. The molecule has 3 rings (SSSR count). The Morgan fingerprint density at radius 3 is 2.77 bits per heavy atom. The van der Waals surface area contributed by atoms with Gasteiger partial charge in [0.2, 0.25) is 0 Å². The highest BCUT2D eigenvalue weighted by Crippen LogP contribution is 2.36. The lowest BCUT2D eigenvalue weighted by Gasteiger charge is -2.00. The number of hydrogen-bond donors (Lipinski definition) is 2. The van der Waals surface area contributed by atoms with E-state index in [-0.39, 0.29) is 0 Å². The Balaban J connectivity index is 0.000000545. The third kappa shape index (κ3) is 3.77. The van der Waals surface area contributed by atoms with Crippen molar-refractivity contribution < 1.29 is 4.79 Å². The van der Waals surface area contributed by atoms with Crippen LogP contribution < -0.4 is 5.32 Å². The van der Waals surface area contributed by atoms with Crippen molar-refractivity contribution in [3.63, 3.8) is 0 Å². The van der Waals surface area contributed by atoms with Crippen LogP contribution in [-0.2, 0) is 4.79 Å². The number of halogens is 1. The summed E-state index contributed by atoms with van der Waals surface area (Å²) < 4.78 is 0.797. The number of thiazole rings is 1. The van der Waals surface area contributed by atoms with Crippen molar-refractivity contribution in [1.82, 2.24) is 19.9 Å². The number of aromatic nitrogens is 4. The second kappa shape index (κ2) is 7.81. The molecule has 0 saturated heterocycles. The zero-order chi connectivity index (χ0) is 15.9. The molecule has 22 heavy (non-hydrogen) atoms. The number of aldehydes is 1. The zero-order valence-corrected chi connectivity index (χ0v) is 14.4. The maximum absolute atomic E-state index is 8.81. The molecule has 0 atom stereocenters. The summed E-state index contributed by atoms with van der Waals surface area (Å²) in [4.78, 5) is 25.9. The van der Waals surface area contributed by atoms with E-state index in [1.54, 1.807) is 29.9 Å². The van der Waals surface area contributed by atoms with E-state index in [0.717, 1.165) is 38.0 Å². The molecule has 0 aromatic carbocycles. The highest BCUT2D eigenvalue weighted by Gasteiger charge is 2.14. The van der Waals surface area contributed by atoms with Crippen molar-refractivity contribution >= 4 is 39.4 Å². The number of nitrogens with zero attached hydrogens (tertiary/aromatic N) is 3. The largest absolute Gasteiger partial charge is 0.373 e. The van der Waals surface area contributed by atoms with Crippen LogP contribution in [0.5, 0.6) is 0 Å². The third-order valence-corrected chi connectivity index (χ3v) is 4.51. The van der Waals surface area contributed by atoms with Gasteiger partial charge in [0.25, 0.3) is 0 Å². The molecule has 0 amide bonds. The molecule has 0 aliphatic heterocycles. The molecule has 0 unspecified atom stereocenters. The van der Waals surface area contributed by atoms with Gasteiger partial charge in [0.15, 0.2) is 0 Å². The summed E-state index contributed by atoms with van der Waals surface area (Å²) in [5.74, 6) is 1.64. The topological polar surface area (TPSA) is 83.6 Å². The number of carbonyl (C=O) groups excluding carboxylic acids is 1. The predicted molar refractivity (Wildman–Crippen MR) is 91.9 cm³/mol. The summed E-state index contributed by atoms with van der Waals surface area (Å²) in [5.41, 5.74) is 1.03. The Morgan fingerprint density at radius 2 is 2.14 bits per heavy atom. The van der Waals surface area contributed by atoms with E-state index >= 15 is 0 Å². The Bertz CT molecular complexity index is 742. The van der Waals surface area contributed by atoms with Gasteiger partial charge in [-0.05, 0) is 35.0 Å². The van der Waals surface area contributed by atoms with Crippen LogP contribution in [0.15, 0.2) is 35.3 Å². The van der Waals surface area contributed by atoms with Crippen LogP contribution in [0.4, 0.5) is 5.82 Å². The first-order valence-electron chi connectivity index (χ1n) is 6.39.